The number of furan rings is 1. The van der Waals surface area contributed by atoms with Gasteiger partial charge in [-0.2, -0.15) is 4.31 Å². The Morgan fingerprint density at radius 1 is 0.941 bits per heavy atom. The van der Waals surface area contributed by atoms with Gasteiger partial charge in [-0.25, -0.2) is 13.3 Å². The van der Waals surface area contributed by atoms with Crippen LogP contribution in [0.2, 0.25) is 5.02 Å². The molecule has 4 aromatic rings. The van der Waals surface area contributed by atoms with Gasteiger partial charge in [0.1, 0.15) is 11.8 Å². The second-order valence-electron chi connectivity index (χ2n) is 7.90. The van der Waals surface area contributed by atoms with E-state index in [0.717, 1.165) is 20.0 Å². The molecule has 0 bridgehead atoms. The molecule has 2 heterocycles. The molecule has 1 aromatic heterocycles. The predicted molar refractivity (Wildman–Crippen MR) is 128 cm³/mol. The Labute approximate surface area is 201 Å². The number of benzene rings is 3. The number of carbonyl (C=O) groups excluding carboxylic acids is 2. The van der Waals surface area contributed by atoms with Crippen molar-refractivity contribution in [1.29, 1.82) is 0 Å². The Morgan fingerprint density at radius 3 is 2.38 bits per heavy atom. The van der Waals surface area contributed by atoms with E-state index >= 15 is 0 Å². The van der Waals surface area contributed by atoms with Gasteiger partial charge in [-0.3, -0.25) is 9.59 Å². The number of fused-ring (bicyclic) bond motifs is 1. The molecular formula is C25H19ClN2O5S. The van der Waals surface area contributed by atoms with E-state index in [2.05, 4.69) is 0 Å². The van der Waals surface area contributed by atoms with E-state index in [1.807, 2.05) is 24.3 Å². The predicted octanol–water partition coefficient (Wildman–Crippen LogP) is 4.61. The lowest BCUT2D eigenvalue weighted by molar-refractivity contribution is -0.122. The molecule has 3 aromatic carbocycles. The van der Waals surface area contributed by atoms with Crippen LogP contribution in [-0.4, -0.2) is 30.6 Å². The first kappa shape index (κ1) is 22.3. The fourth-order valence-electron chi connectivity index (χ4n) is 4.08. The Bertz CT molecular complexity index is 1480. The minimum atomic E-state index is -4.17. The van der Waals surface area contributed by atoms with Crippen LogP contribution in [-0.2, 0) is 26.2 Å². The van der Waals surface area contributed by atoms with Gasteiger partial charge in [-0.1, -0.05) is 41.9 Å². The van der Waals surface area contributed by atoms with Crippen molar-refractivity contribution in [2.45, 2.75) is 23.9 Å². The van der Waals surface area contributed by atoms with Crippen molar-refractivity contribution < 1.29 is 22.4 Å². The number of rotatable bonds is 6. The number of nitrogens with zero attached hydrogens (tertiary/aromatic N) is 2. The molecule has 0 N–H and O–H groups in total. The Hall–Kier alpha value is -3.46. The molecule has 0 spiro atoms. The van der Waals surface area contributed by atoms with Crippen LogP contribution in [0.3, 0.4) is 0 Å². The van der Waals surface area contributed by atoms with E-state index < -0.39 is 27.9 Å². The summed E-state index contributed by atoms with van der Waals surface area (Å²) in [5, 5.41) is 2.09. The van der Waals surface area contributed by atoms with E-state index in [-0.39, 0.29) is 17.9 Å². The number of imide groups is 1. The monoisotopic (exact) mass is 494 g/mol. The van der Waals surface area contributed by atoms with Crippen LogP contribution in [0, 0.1) is 0 Å². The molecule has 2 amide bonds. The second kappa shape index (κ2) is 8.72. The third kappa shape index (κ3) is 4.00. The van der Waals surface area contributed by atoms with Crippen molar-refractivity contribution in [1.82, 2.24) is 4.31 Å². The van der Waals surface area contributed by atoms with Gasteiger partial charge in [0, 0.05) is 5.02 Å². The molecule has 9 heteroatoms. The third-order valence-electron chi connectivity index (χ3n) is 5.77. The number of sulfonamides is 1. The van der Waals surface area contributed by atoms with Gasteiger partial charge >= 0.3 is 0 Å². The maximum Gasteiger partial charge on any atom is 0.252 e. The SMILES string of the molecule is O=C1CC(N(Cc2ccco2)S(=O)(=O)c2ccc3ccccc3c2)C(=O)N1c1ccc(Cl)cc1. The number of hydrogen-bond donors (Lipinski definition) is 0. The van der Waals surface area contributed by atoms with Crippen LogP contribution in [0.15, 0.2) is 94.4 Å². The summed E-state index contributed by atoms with van der Waals surface area (Å²) in [6.45, 7) is -0.194. The highest BCUT2D eigenvalue weighted by Crippen LogP contribution is 2.32. The first-order chi connectivity index (χ1) is 16.3. The summed E-state index contributed by atoms with van der Waals surface area (Å²) >= 11 is 5.93. The Morgan fingerprint density at radius 2 is 1.68 bits per heavy atom. The lowest BCUT2D eigenvalue weighted by atomic mass is 10.1. The fraction of sp³-hybridized carbons (Fsp3) is 0.120. The molecule has 7 nitrogen and oxygen atoms in total. The van der Waals surface area contributed by atoms with Crippen LogP contribution in [0.5, 0.6) is 0 Å². The smallest absolute Gasteiger partial charge is 0.252 e. The van der Waals surface area contributed by atoms with Crippen molar-refractivity contribution in [3.05, 3.63) is 95.9 Å². The van der Waals surface area contributed by atoms with Gasteiger partial charge in [-0.15, -0.1) is 0 Å². The molecule has 1 fully saturated rings. The molecule has 0 saturated carbocycles. The molecule has 1 unspecified atom stereocenters. The van der Waals surface area contributed by atoms with Gasteiger partial charge in [0.05, 0.1) is 29.8 Å². The van der Waals surface area contributed by atoms with E-state index in [1.165, 1.54) is 12.3 Å². The van der Waals surface area contributed by atoms with E-state index in [0.29, 0.717) is 16.5 Å². The van der Waals surface area contributed by atoms with E-state index in [9.17, 15) is 18.0 Å². The average Bonchev–Trinajstić information content (AvgIpc) is 3.45. The standard InChI is InChI=1S/C25H19ClN2O5S/c26-19-8-10-20(11-9-19)28-24(29)15-23(25(28)30)27(16-21-6-3-13-33-21)34(31,32)22-12-7-17-4-1-2-5-18(17)14-22/h1-14,23H,15-16H2. The largest absolute Gasteiger partial charge is 0.468 e. The highest BCUT2D eigenvalue weighted by atomic mass is 35.5. The Balaban J connectivity index is 1.56. The lowest BCUT2D eigenvalue weighted by Gasteiger charge is -2.26. The minimum Gasteiger partial charge on any atom is -0.468 e. The van der Waals surface area contributed by atoms with Crippen LogP contribution in [0.4, 0.5) is 5.69 Å². The zero-order valence-corrected chi connectivity index (χ0v) is 19.4. The highest BCUT2D eigenvalue weighted by molar-refractivity contribution is 7.89. The van der Waals surface area contributed by atoms with Crippen molar-refractivity contribution in [3.8, 4) is 0 Å². The van der Waals surface area contributed by atoms with Crippen molar-refractivity contribution in [2.75, 3.05) is 4.90 Å². The highest BCUT2D eigenvalue weighted by Gasteiger charge is 2.47. The maximum atomic E-state index is 13.8. The van der Waals surface area contributed by atoms with Crippen LogP contribution < -0.4 is 4.90 Å². The number of hydrogen-bond acceptors (Lipinski definition) is 5. The van der Waals surface area contributed by atoms with Crippen LogP contribution >= 0.6 is 11.6 Å². The van der Waals surface area contributed by atoms with Gasteiger partial charge in [0.25, 0.3) is 5.91 Å². The van der Waals surface area contributed by atoms with Crippen molar-refractivity contribution >= 4 is 49.9 Å². The lowest BCUT2D eigenvalue weighted by Crippen LogP contribution is -2.45. The summed E-state index contributed by atoms with van der Waals surface area (Å²) in [7, 11) is -4.17. The van der Waals surface area contributed by atoms with Gasteiger partial charge in [0.15, 0.2) is 0 Å². The summed E-state index contributed by atoms with van der Waals surface area (Å²) < 4.78 is 34.1. The zero-order chi connectivity index (χ0) is 23.9. The number of halogens is 1. The normalized spacial score (nSPS) is 16.6. The average molecular weight is 495 g/mol. The minimum absolute atomic E-state index is 0.0305. The van der Waals surface area contributed by atoms with E-state index in [1.54, 1.807) is 48.5 Å². The zero-order valence-electron chi connectivity index (χ0n) is 17.8. The van der Waals surface area contributed by atoms with Gasteiger partial charge < -0.3 is 4.42 Å². The summed E-state index contributed by atoms with van der Waals surface area (Å²) in [4.78, 5) is 27.3. The summed E-state index contributed by atoms with van der Waals surface area (Å²) in [6, 6.07) is 20.5. The fourth-order valence-corrected chi connectivity index (χ4v) is 5.79. The quantitative estimate of drug-likeness (QED) is 0.365. The molecule has 34 heavy (non-hydrogen) atoms. The molecule has 5 rings (SSSR count). The molecule has 1 saturated heterocycles. The van der Waals surface area contributed by atoms with Crippen LogP contribution in [0.25, 0.3) is 10.8 Å². The molecule has 172 valence electrons. The summed E-state index contributed by atoms with van der Waals surface area (Å²) in [6.07, 6.45) is 1.15. The topological polar surface area (TPSA) is 87.9 Å². The molecule has 1 aliphatic heterocycles. The third-order valence-corrected chi connectivity index (χ3v) is 7.88. The van der Waals surface area contributed by atoms with E-state index in [4.69, 9.17) is 16.0 Å². The first-order valence-corrected chi connectivity index (χ1v) is 12.3. The van der Waals surface area contributed by atoms with Gasteiger partial charge in [-0.05, 0) is 59.3 Å². The molecule has 1 aliphatic rings. The second-order valence-corrected chi connectivity index (χ2v) is 10.2. The first-order valence-electron chi connectivity index (χ1n) is 10.5. The maximum absolute atomic E-state index is 13.8. The summed E-state index contributed by atoms with van der Waals surface area (Å²) in [5.74, 6) is -0.756. The van der Waals surface area contributed by atoms with Crippen molar-refractivity contribution in [3.63, 3.8) is 0 Å². The number of anilines is 1. The number of amides is 2. The van der Waals surface area contributed by atoms with Crippen molar-refractivity contribution in [2.24, 2.45) is 0 Å². The molecule has 0 aliphatic carbocycles. The van der Waals surface area contributed by atoms with Crippen LogP contribution in [0.1, 0.15) is 12.2 Å². The molecule has 0 radical (unpaired) electrons. The molecular weight excluding hydrogens is 476 g/mol. The Kier molecular flexibility index (Phi) is 5.73. The summed E-state index contributed by atoms with van der Waals surface area (Å²) in [5.41, 5.74) is 0.336. The number of carbonyl (C=O) groups is 2. The van der Waals surface area contributed by atoms with Gasteiger partial charge in [0.2, 0.25) is 15.9 Å². The molecule has 1 atom stereocenters.